The zero-order valence-electron chi connectivity index (χ0n) is 15.0. The number of halogens is 1. The van der Waals surface area contributed by atoms with E-state index in [1.807, 2.05) is 67.1 Å². The first-order valence-electron chi connectivity index (χ1n) is 8.46. The van der Waals surface area contributed by atoms with Crippen molar-refractivity contribution in [2.75, 3.05) is 11.1 Å². The molecule has 1 atom stereocenters. The molecular formula is C19H20BrN5OS. The molecule has 0 aliphatic carbocycles. The topological polar surface area (TPSA) is 85.8 Å². The fourth-order valence-electron chi connectivity index (χ4n) is 2.55. The number of nitrogens with two attached hydrogens (primary N) is 1. The van der Waals surface area contributed by atoms with E-state index in [0.29, 0.717) is 23.1 Å². The van der Waals surface area contributed by atoms with Gasteiger partial charge in [-0.1, -0.05) is 46.7 Å². The van der Waals surface area contributed by atoms with Crippen molar-refractivity contribution in [1.82, 2.24) is 14.8 Å². The molecule has 3 aromatic rings. The second kappa shape index (κ2) is 8.58. The Morgan fingerprint density at radius 2 is 2.00 bits per heavy atom. The molecule has 8 heteroatoms. The summed E-state index contributed by atoms with van der Waals surface area (Å²) in [5.74, 6) is 0.659. The number of nitrogens with one attached hydrogen (secondary N) is 1. The van der Waals surface area contributed by atoms with Gasteiger partial charge in [-0.15, -0.1) is 10.2 Å². The molecule has 3 rings (SSSR count). The normalized spacial score (nSPS) is 12.0. The predicted octanol–water partition coefficient (Wildman–Crippen LogP) is 4.34. The van der Waals surface area contributed by atoms with E-state index in [9.17, 15) is 4.79 Å². The first-order valence-corrected chi connectivity index (χ1v) is 10.1. The third kappa shape index (κ3) is 4.70. The molecule has 2 aromatic carbocycles. The Bertz CT molecular complexity index is 942. The number of carbonyl (C=O) groups excluding carboxylic acids is 1. The van der Waals surface area contributed by atoms with Crippen LogP contribution in [0.4, 0.5) is 11.4 Å². The average Bonchev–Trinajstić information content (AvgIpc) is 3.02. The number of hydrogen-bond acceptors (Lipinski definition) is 5. The van der Waals surface area contributed by atoms with Gasteiger partial charge in [-0.3, -0.25) is 4.79 Å². The summed E-state index contributed by atoms with van der Waals surface area (Å²) in [6.45, 7) is 1.98. The molecule has 0 bridgehead atoms. The highest BCUT2D eigenvalue weighted by Gasteiger charge is 2.22. The van der Waals surface area contributed by atoms with E-state index in [-0.39, 0.29) is 11.2 Å². The van der Waals surface area contributed by atoms with E-state index in [2.05, 4.69) is 31.4 Å². The largest absolute Gasteiger partial charge is 0.399 e. The molecule has 1 heterocycles. The van der Waals surface area contributed by atoms with Crippen LogP contribution in [0.1, 0.15) is 13.3 Å². The van der Waals surface area contributed by atoms with Crippen LogP contribution in [0.5, 0.6) is 0 Å². The first kappa shape index (κ1) is 19.4. The molecule has 0 aliphatic rings. The number of anilines is 2. The number of amides is 1. The molecule has 3 N–H and O–H groups in total. The number of thioether (sulfide) groups is 1. The van der Waals surface area contributed by atoms with Crippen molar-refractivity contribution in [2.24, 2.45) is 7.05 Å². The minimum Gasteiger partial charge on any atom is -0.399 e. The summed E-state index contributed by atoms with van der Waals surface area (Å²) in [6, 6.07) is 15.0. The van der Waals surface area contributed by atoms with Crippen LogP contribution in [0, 0.1) is 0 Å². The van der Waals surface area contributed by atoms with Crippen LogP contribution in [0.25, 0.3) is 11.4 Å². The van der Waals surface area contributed by atoms with Crippen LogP contribution in [-0.4, -0.2) is 25.9 Å². The van der Waals surface area contributed by atoms with E-state index in [4.69, 9.17) is 5.73 Å². The van der Waals surface area contributed by atoms with E-state index in [1.54, 1.807) is 0 Å². The maximum absolute atomic E-state index is 12.6. The van der Waals surface area contributed by atoms with Gasteiger partial charge in [-0.25, -0.2) is 0 Å². The zero-order valence-corrected chi connectivity index (χ0v) is 17.4. The van der Waals surface area contributed by atoms with Crippen molar-refractivity contribution in [3.05, 3.63) is 53.0 Å². The van der Waals surface area contributed by atoms with Gasteiger partial charge in [0.2, 0.25) is 5.91 Å². The molecule has 27 heavy (non-hydrogen) atoms. The van der Waals surface area contributed by atoms with Gasteiger partial charge in [0.1, 0.15) is 0 Å². The summed E-state index contributed by atoms with van der Waals surface area (Å²) in [7, 11) is 1.89. The lowest BCUT2D eigenvalue weighted by atomic mass is 10.2. The van der Waals surface area contributed by atoms with Gasteiger partial charge in [-0.2, -0.15) is 0 Å². The molecule has 1 aromatic heterocycles. The molecule has 140 valence electrons. The number of carbonyl (C=O) groups is 1. The molecule has 0 radical (unpaired) electrons. The highest BCUT2D eigenvalue weighted by Crippen LogP contribution is 2.28. The molecular weight excluding hydrogens is 426 g/mol. The van der Waals surface area contributed by atoms with Crippen molar-refractivity contribution in [2.45, 2.75) is 23.8 Å². The monoisotopic (exact) mass is 445 g/mol. The van der Waals surface area contributed by atoms with Gasteiger partial charge in [0.25, 0.3) is 0 Å². The van der Waals surface area contributed by atoms with Crippen LogP contribution >= 0.6 is 27.7 Å². The zero-order chi connectivity index (χ0) is 19.4. The van der Waals surface area contributed by atoms with Crippen molar-refractivity contribution >= 4 is 45.0 Å². The highest BCUT2D eigenvalue weighted by molar-refractivity contribution is 9.10. The summed E-state index contributed by atoms with van der Waals surface area (Å²) in [4.78, 5) is 12.6. The second-order valence-electron chi connectivity index (χ2n) is 6.00. The minimum absolute atomic E-state index is 0.0571. The third-order valence-electron chi connectivity index (χ3n) is 4.00. The van der Waals surface area contributed by atoms with Gasteiger partial charge >= 0.3 is 0 Å². The first-order chi connectivity index (χ1) is 13.0. The molecule has 0 saturated heterocycles. The van der Waals surface area contributed by atoms with Crippen LogP contribution in [0.3, 0.4) is 0 Å². The van der Waals surface area contributed by atoms with E-state index >= 15 is 0 Å². The number of nitrogen functional groups attached to an aromatic ring is 1. The fourth-order valence-corrected chi connectivity index (χ4v) is 3.74. The van der Waals surface area contributed by atoms with Gasteiger partial charge in [-0.05, 0) is 42.8 Å². The predicted molar refractivity (Wildman–Crippen MR) is 114 cm³/mol. The van der Waals surface area contributed by atoms with Gasteiger partial charge in [0.15, 0.2) is 11.0 Å². The molecule has 0 unspecified atom stereocenters. The molecule has 6 nitrogen and oxygen atoms in total. The second-order valence-corrected chi connectivity index (χ2v) is 8.09. The smallest absolute Gasteiger partial charge is 0.237 e. The summed E-state index contributed by atoms with van der Waals surface area (Å²) in [5, 5.41) is 11.9. The lowest BCUT2D eigenvalue weighted by Gasteiger charge is -2.14. The van der Waals surface area contributed by atoms with Crippen LogP contribution in [0.15, 0.2) is 58.2 Å². The average molecular weight is 446 g/mol. The van der Waals surface area contributed by atoms with Gasteiger partial charge in [0.05, 0.1) is 5.25 Å². The molecule has 0 fully saturated rings. The van der Waals surface area contributed by atoms with Crippen molar-refractivity contribution in [3.8, 4) is 11.4 Å². The minimum atomic E-state index is -0.273. The van der Waals surface area contributed by atoms with Crippen molar-refractivity contribution < 1.29 is 4.79 Å². The summed E-state index contributed by atoms with van der Waals surface area (Å²) in [5.41, 5.74) is 8.19. The van der Waals surface area contributed by atoms with E-state index in [0.717, 1.165) is 15.7 Å². The SMILES string of the molecule is CC[C@H](Sc1nnc(-c2cccc(N)c2)n1C)C(=O)Nc1ccc(Br)cc1. The van der Waals surface area contributed by atoms with Gasteiger partial charge in [0, 0.05) is 28.5 Å². The Morgan fingerprint density at radius 3 is 2.67 bits per heavy atom. The van der Waals surface area contributed by atoms with Crippen LogP contribution in [0.2, 0.25) is 0 Å². The number of aromatic nitrogens is 3. The Balaban J connectivity index is 1.74. The lowest BCUT2D eigenvalue weighted by molar-refractivity contribution is -0.115. The summed E-state index contributed by atoms with van der Waals surface area (Å²) < 4.78 is 2.85. The lowest BCUT2D eigenvalue weighted by Crippen LogP contribution is -2.25. The summed E-state index contributed by atoms with van der Waals surface area (Å²) in [6.07, 6.45) is 0.674. The number of hydrogen-bond donors (Lipinski definition) is 2. The maximum atomic E-state index is 12.6. The third-order valence-corrected chi connectivity index (χ3v) is 5.93. The number of nitrogens with zero attached hydrogens (tertiary/aromatic N) is 3. The van der Waals surface area contributed by atoms with Crippen LogP contribution in [-0.2, 0) is 11.8 Å². The maximum Gasteiger partial charge on any atom is 0.237 e. The Kier molecular flexibility index (Phi) is 6.18. The Labute approximate surface area is 170 Å². The highest BCUT2D eigenvalue weighted by atomic mass is 79.9. The number of benzene rings is 2. The van der Waals surface area contributed by atoms with Gasteiger partial charge < -0.3 is 15.6 Å². The fraction of sp³-hybridized carbons (Fsp3) is 0.211. The van der Waals surface area contributed by atoms with E-state index < -0.39 is 0 Å². The van der Waals surface area contributed by atoms with E-state index in [1.165, 1.54) is 11.8 Å². The molecule has 1 amide bonds. The Morgan fingerprint density at radius 1 is 1.26 bits per heavy atom. The summed E-state index contributed by atoms with van der Waals surface area (Å²) >= 11 is 4.79. The Hall–Kier alpha value is -2.32. The van der Waals surface area contributed by atoms with Crippen molar-refractivity contribution in [1.29, 1.82) is 0 Å². The quantitative estimate of drug-likeness (QED) is 0.435. The molecule has 0 spiro atoms. The van der Waals surface area contributed by atoms with Crippen molar-refractivity contribution in [3.63, 3.8) is 0 Å². The van der Waals surface area contributed by atoms with Crippen LogP contribution < -0.4 is 11.1 Å². The number of rotatable bonds is 6. The molecule has 0 saturated carbocycles. The molecule has 0 aliphatic heterocycles. The standard InChI is InChI=1S/C19H20BrN5OS/c1-3-16(18(26)22-15-9-7-13(20)8-10-15)27-19-24-23-17(25(19)2)12-5-4-6-14(21)11-12/h4-11,16H,3,21H2,1-2H3,(H,22,26)/t16-/m0/s1.